The Morgan fingerprint density at radius 1 is 0.800 bits per heavy atom. The van der Waals surface area contributed by atoms with Gasteiger partial charge in [0.15, 0.2) is 0 Å². The molecular formula is C9H25N. The molecule has 1 heteroatoms. The van der Waals surface area contributed by atoms with Crippen LogP contribution in [0.25, 0.3) is 0 Å². The molecule has 0 saturated heterocycles. The summed E-state index contributed by atoms with van der Waals surface area (Å²) >= 11 is 0. The molecule has 0 aliphatic carbocycles. The molecule has 66 valence electrons. The van der Waals surface area contributed by atoms with Crippen molar-refractivity contribution < 1.29 is 0 Å². The third-order valence-corrected chi connectivity index (χ3v) is 0.500. The second-order valence-electron chi connectivity index (χ2n) is 1.66. The van der Waals surface area contributed by atoms with E-state index in [1.807, 2.05) is 13.8 Å². The second kappa shape index (κ2) is 36.2. The molecule has 0 radical (unpaired) electrons. The normalized spacial score (nSPS) is 6.60. The maximum atomic E-state index is 3.11. The van der Waals surface area contributed by atoms with E-state index in [-0.39, 0.29) is 0 Å². The van der Waals surface area contributed by atoms with Gasteiger partial charge in [-0.2, -0.15) is 0 Å². The largest absolute Gasteiger partial charge is 0.317 e. The summed E-state index contributed by atoms with van der Waals surface area (Å²) in [7, 11) is 0. The molecule has 0 atom stereocenters. The van der Waals surface area contributed by atoms with Crippen molar-refractivity contribution in [1.82, 2.24) is 5.32 Å². The average Bonchev–Trinajstić information content (AvgIpc) is 1.96. The molecule has 1 N–H and O–H groups in total. The van der Waals surface area contributed by atoms with Crippen LogP contribution in [-0.2, 0) is 0 Å². The predicted octanol–water partition coefficient (Wildman–Crippen LogP) is 3.06. The van der Waals surface area contributed by atoms with E-state index in [4.69, 9.17) is 0 Å². The van der Waals surface area contributed by atoms with E-state index in [9.17, 15) is 0 Å². The third kappa shape index (κ3) is 100. The van der Waals surface area contributed by atoms with E-state index in [1.54, 1.807) is 0 Å². The van der Waals surface area contributed by atoms with Crippen LogP contribution in [0.4, 0.5) is 0 Å². The maximum Gasteiger partial charge on any atom is -0.00775 e. The standard InChI is InChI=1S/C4H11N.C3H8.C2H6/c1-3-5-4-2;1-3-2;1-2/h5H,3-4H2,1-2H3;3H2,1-2H3;1-2H3. The lowest BCUT2D eigenvalue weighted by molar-refractivity contribution is 0.762. The first-order valence-electron chi connectivity index (χ1n) is 4.54. The van der Waals surface area contributed by atoms with E-state index >= 15 is 0 Å². The van der Waals surface area contributed by atoms with Crippen molar-refractivity contribution in [2.24, 2.45) is 0 Å². The molecule has 0 unspecified atom stereocenters. The first-order chi connectivity index (χ1) is 4.83. The molecule has 0 aromatic rings. The molecule has 1 nitrogen and oxygen atoms in total. The van der Waals surface area contributed by atoms with Gasteiger partial charge in [-0.3, -0.25) is 0 Å². The molecule has 10 heavy (non-hydrogen) atoms. The van der Waals surface area contributed by atoms with Gasteiger partial charge >= 0.3 is 0 Å². The van der Waals surface area contributed by atoms with Crippen molar-refractivity contribution in [1.29, 1.82) is 0 Å². The van der Waals surface area contributed by atoms with Crippen LogP contribution in [0.3, 0.4) is 0 Å². The number of hydrogen-bond acceptors (Lipinski definition) is 1. The minimum absolute atomic E-state index is 1.09. The first-order valence-corrected chi connectivity index (χ1v) is 4.54. The third-order valence-electron chi connectivity index (χ3n) is 0.500. The minimum atomic E-state index is 1.09. The Kier molecular flexibility index (Phi) is 59.8. The highest BCUT2D eigenvalue weighted by molar-refractivity contribution is 4.27. The fraction of sp³-hybridized carbons (Fsp3) is 1.00. The monoisotopic (exact) mass is 147 g/mol. The van der Waals surface area contributed by atoms with Crippen molar-refractivity contribution in [2.75, 3.05) is 13.1 Å². The lowest BCUT2D eigenvalue weighted by Crippen LogP contribution is -2.09. The molecule has 0 spiro atoms. The van der Waals surface area contributed by atoms with E-state index in [1.165, 1.54) is 6.42 Å². The summed E-state index contributed by atoms with van der Waals surface area (Å²) in [5.74, 6) is 0. The van der Waals surface area contributed by atoms with Gasteiger partial charge in [0.05, 0.1) is 0 Å². The molecule has 0 aromatic heterocycles. The van der Waals surface area contributed by atoms with Crippen LogP contribution >= 0.6 is 0 Å². The van der Waals surface area contributed by atoms with E-state index in [2.05, 4.69) is 33.0 Å². The Hall–Kier alpha value is -0.0400. The zero-order valence-corrected chi connectivity index (χ0v) is 8.62. The molecule has 0 amide bonds. The van der Waals surface area contributed by atoms with E-state index in [0.29, 0.717) is 0 Å². The Morgan fingerprint density at radius 3 is 1.00 bits per heavy atom. The maximum absolute atomic E-state index is 3.11. The lowest BCUT2D eigenvalue weighted by atomic mass is 10.6. The molecular weight excluding hydrogens is 122 g/mol. The lowest BCUT2D eigenvalue weighted by Gasteiger charge is -1.86. The Bertz CT molecular complexity index is 18.7. The smallest absolute Gasteiger partial charge is 0.00775 e. The van der Waals surface area contributed by atoms with Gasteiger partial charge < -0.3 is 5.32 Å². The van der Waals surface area contributed by atoms with Crippen molar-refractivity contribution in [3.63, 3.8) is 0 Å². The topological polar surface area (TPSA) is 12.0 Å². The van der Waals surface area contributed by atoms with Crippen LogP contribution in [0.1, 0.15) is 48.0 Å². The molecule has 0 aliphatic rings. The summed E-state index contributed by atoms with van der Waals surface area (Å²) in [5.41, 5.74) is 0. The molecule has 0 heterocycles. The van der Waals surface area contributed by atoms with Gasteiger partial charge in [-0.1, -0.05) is 48.0 Å². The van der Waals surface area contributed by atoms with Crippen LogP contribution in [0.2, 0.25) is 0 Å². The SMILES string of the molecule is CC.CCC.CCNCC. The van der Waals surface area contributed by atoms with Gasteiger partial charge in [-0.25, -0.2) is 0 Å². The van der Waals surface area contributed by atoms with Crippen molar-refractivity contribution >= 4 is 0 Å². The van der Waals surface area contributed by atoms with Gasteiger partial charge in [0.2, 0.25) is 0 Å². The number of hydrogen-bond donors (Lipinski definition) is 1. The number of nitrogens with one attached hydrogen (secondary N) is 1. The molecule has 0 rings (SSSR count). The van der Waals surface area contributed by atoms with E-state index < -0.39 is 0 Å². The van der Waals surface area contributed by atoms with E-state index in [0.717, 1.165) is 13.1 Å². The van der Waals surface area contributed by atoms with Gasteiger partial charge in [0.25, 0.3) is 0 Å². The summed E-state index contributed by atoms with van der Waals surface area (Å²) < 4.78 is 0. The summed E-state index contributed by atoms with van der Waals surface area (Å²) in [5, 5.41) is 3.11. The summed E-state index contributed by atoms with van der Waals surface area (Å²) in [6.07, 6.45) is 1.25. The first kappa shape index (κ1) is 16.5. The highest BCUT2D eigenvalue weighted by Gasteiger charge is 1.62. The molecule has 0 aliphatic heterocycles. The minimum Gasteiger partial charge on any atom is -0.317 e. The van der Waals surface area contributed by atoms with Gasteiger partial charge in [-0.05, 0) is 13.1 Å². The van der Waals surface area contributed by atoms with Gasteiger partial charge in [0, 0.05) is 0 Å². The van der Waals surface area contributed by atoms with Crippen LogP contribution in [0.15, 0.2) is 0 Å². The van der Waals surface area contributed by atoms with Crippen LogP contribution in [-0.4, -0.2) is 13.1 Å². The molecule has 0 saturated carbocycles. The molecule has 0 fully saturated rings. The average molecular weight is 147 g/mol. The Morgan fingerprint density at radius 2 is 1.00 bits per heavy atom. The Balaban J connectivity index is -0.0000000847. The molecule has 0 aromatic carbocycles. The fourth-order valence-electron chi connectivity index (χ4n) is 0.250. The highest BCUT2D eigenvalue weighted by Crippen LogP contribution is 1.56. The highest BCUT2D eigenvalue weighted by atomic mass is 14.8. The van der Waals surface area contributed by atoms with Crippen molar-refractivity contribution in [2.45, 2.75) is 48.0 Å². The van der Waals surface area contributed by atoms with Crippen molar-refractivity contribution in [3.8, 4) is 0 Å². The second-order valence-corrected chi connectivity index (χ2v) is 1.66. The molecule has 0 bridgehead atoms. The van der Waals surface area contributed by atoms with Crippen LogP contribution in [0.5, 0.6) is 0 Å². The van der Waals surface area contributed by atoms with Crippen LogP contribution < -0.4 is 5.32 Å². The Labute approximate surface area is 67.2 Å². The van der Waals surface area contributed by atoms with Gasteiger partial charge in [-0.15, -0.1) is 0 Å². The summed E-state index contributed by atoms with van der Waals surface area (Å²) in [6.45, 7) is 14.6. The van der Waals surface area contributed by atoms with Gasteiger partial charge in [0.1, 0.15) is 0 Å². The fourth-order valence-corrected chi connectivity index (χ4v) is 0.250. The van der Waals surface area contributed by atoms with Crippen LogP contribution in [0, 0.1) is 0 Å². The number of rotatable bonds is 2. The predicted molar refractivity (Wildman–Crippen MR) is 51.5 cm³/mol. The van der Waals surface area contributed by atoms with Crippen molar-refractivity contribution in [3.05, 3.63) is 0 Å². The quantitative estimate of drug-likeness (QED) is 0.633. The summed E-state index contributed by atoms with van der Waals surface area (Å²) in [4.78, 5) is 0. The zero-order valence-electron chi connectivity index (χ0n) is 8.62. The zero-order chi connectivity index (χ0) is 8.83. The summed E-state index contributed by atoms with van der Waals surface area (Å²) in [6, 6.07) is 0.